The Hall–Kier alpha value is -2.71. The molecule has 4 N–H and O–H groups in total. The van der Waals surface area contributed by atoms with Crippen LogP contribution in [0.4, 0.5) is 0 Å². The average Bonchev–Trinajstić information content (AvgIpc) is 2.66. The van der Waals surface area contributed by atoms with E-state index in [9.17, 15) is 4.79 Å². The van der Waals surface area contributed by atoms with Crippen LogP contribution in [0.15, 0.2) is 64.6 Å². The van der Waals surface area contributed by atoms with Crippen molar-refractivity contribution >= 4 is 21.9 Å². The zero-order valence-corrected chi connectivity index (χ0v) is 16.7. The third-order valence-corrected chi connectivity index (χ3v) is 4.00. The zero-order chi connectivity index (χ0) is 19.8. The van der Waals surface area contributed by atoms with Gasteiger partial charge in [0.25, 0.3) is 0 Å². The summed E-state index contributed by atoms with van der Waals surface area (Å²) in [5, 5.41) is 1.26. The van der Waals surface area contributed by atoms with Crippen molar-refractivity contribution in [1.82, 2.24) is 5.01 Å². The van der Waals surface area contributed by atoms with E-state index in [4.69, 9.17) is 25.8 Å². The highest BCUT2D eigenvalue weighted by Crippen LogP contribution is 2.22. The maximum atomic E-state index is 12.1. The van der Waals surface area contributed by atoms with Crippen LogP contribution in [-0.2, 0) is 16.1 Å². The molecule has 7 nitrogen and oxygen atoms in total. The lowest BCUT2D eigenvalue weighted by atomic mass is 10.2. The zero-order valence-electron chi connectivity index (χ0n) is 15.1. The Morgan fingerprint density at radius 2 is 1.85 bits per heavy atom. The van der Waals surface area contributed by atoms with Gasteiger partial charge in [-0.25, -0.2) is 10.6 Å². The minimum Gasteiger partial charge on any atom is -0.497 e. The summed E-state index contributed by atoms with van der Waals surface area (Å²) in [6.45, 7) is 2.14. The molecule has 0 amide bonds. The maximum Gasteiger partial charge on any atom is 0.359 e. The number of methoxy groups -OCH3 is 1. The summed E-state index contributed by atoms with van der Waals surface area (Å²) in [5.74, 6) is 6.66. The summed E-state index contributed by atoms with van der Waals surface area (Å²) in [6.07, 6.45) is 0. The second-order valence-corrected chi connectivity index (χ2v) is 6.39. The third kappa shape index (κ3) is 5.90. The van der Waals surface area contributed by atoms with E-state index in [-0.39, 0.29) is 24.7 Å². The van der Waals surface area contributed by atoms with E-state index in [1.807, 2.05) is 30.3 Å². The maximum absolute atomic E-state index is 12.1. The lowest BCUT2D eigenvalue weighted by Gasteiger charge is -2.23. The molecule has 0 unspecified atom stereocenters. The van der Waals surface area contributed by atoms with Crippen LogP contribution >= 0.6 is 15.9 Å². The smallest absolute Gasteiger partial charge is 0.359 e. The van der Waals surface area contributed by atoms with Gasteiger partial charge in [-0.3, -0.25) is 5.01 Å². The van der Waals surface area contributed by atoms with Gasteiger partial charge in [0.05, 0.1) is 20.3 Å². The van der Waals surface area contributed by atoms with Crippen LogP contribution in [0.5, 0.6) is 11.5 Å². The monoisotopic (exact) mass is 435 g/mol. The summed E-state index contributed by atoms with van der Waals surface area (Å²) in [7, 11) is 1.59. The predicted molar refractivity (Wildman–Crippen MR) is 105 cm³/mol. The van der Waals surface area contributed by atoms with Crippen molar-refractivity contribution in [2.75, 3.05) is 13.7 Å². The lowest BCUT2D eigenvalue weighted by molar-refractivity contribution is -0.139. The molecule has 0 aromatic heterocycles. The fourth-order valence-electron chi connectivity index (χ4n) is 2.21. The molecule has 0 saturated carbocycles. The van der Waals surface area contributed by atoms with Crippen LogP contribution in [-0.4, -0.2) is 24.7 Å². The number of nitrogens with zero attached hydrogens (tertiary/aromatic N) is 1. The second kappa shape index (κ2) is 9.84. The highest BCUT2D eigenvalue weighted by atomic mass is 79.9. The van der Waals surface area contributed by atoms with Gasteiger partial charge in [-0.15, -0.1) is 0 Å². The first-order chi connectivity index (χ1) is 12.9. The fourth-order valence-corrected chi connectivity index (χ4v) is 2.58. The van der Waals surface area contributed by atoms with Crippen molar-refractivity contribution < 1.29 is 19.0 Å². The Morgan fingerprint density at radius 3 is 2.44 bits per heavy atom. The first-order valence-corrected chi connectivity index (χ1v) is 8.99. The van der Waals surface area contributed by atoms with Crippen LogP contribution in [0.2, 0.25) is 0 Å². The number of halogens is 1. The van der Waals surface area contributed by atoms with E-state index in [1.165, 1.54) is 5.01 Å². The van der Waals surface area contributed by atoms with E-state index < -0.39 is 5.97 Å². The molecule has 0 bridgehead atoms. The second-order valence-electron chi connectivity index (χ2n) is 5.47. The molecule has 0 atom stereocenters. The SMILES string of the molecule is CCOC(=O)/C(N)=C(\Oc1cccc(Br)c1)N(N)Cc1ccc(OC)cc1. The third-order valence-electron chi connectivity index (χ3n) is 3.51. The normalized spacial score (nSPS) is 11.4. The van der Waals surface area contributed by atoms with E-state index in [0.717, 1.165) is 15.8 Å². The van der Waals surface area contributed by atoms with Gasteiger partial charge in [-0.05, 0) is 42.8 Å². The summed E-state index contributed by atoms with van der Waals surface area (Å²) in [4.78, 5) is 12.1. The minimum absolute atomic E-state index is 0.00219. The summed E-state index contributed by atoms with van der Waals surface area (Å²) >= 11 is 3.37. The number of hydrogen-bond donors (Lipinski definition) is 2. The molecule has 0 saturated heterocycles. The molecule has 0 aliphatic carbocycles. The molecule has 0 fully saturated rings. The number of benzene rings is 2. The van der Waals surface area contributed by atoms with Gasteiger partial charge in [-0.2, -0.15) is 0 Å². The number of hydrogen-bond acceptors (Lipinski definition) is 7. The molecule has 0 radical (unpaired) electrons. The number of hydrazine groups is 1. The topological polar surface area (TPSA) is 100 Å². The molecule has 144 valence electrons. The van der Waals surface area contributed by atoms with Crippen molar-refractivity contribution in [1.29, 1.82) is 0 Å². The summed E-state index contributed by atoms with van der Waals surface area (Å²) < 4.78 is 16.7. The Morgan fingerprint density at radius 1 is 1.15 bits per heavy atom. The number of ether oxygens (including phenoxy) is 3. The lowest BCUT2D eigenvalue weighted by Crippen LogP contribution is -2.36. The minimum atomic E-state index is -0.701. The average molecular weight is 436 g/mol. The van der Waals surface area contributed by atoms with Crippen molar-refractivity contribution in [3.05, 3.63) is 70.1 Å². The highest BCUT2D eigenvalue weighted by molar-refractivity contribution is 9.10. The van der Waals surface area contributed by atoms with E-state index in [0.29, 0.717) is 5.75 Å². The van der Waals surface area contributed by atoms with Crippen molar-refractivity contribution in [3.63, 3.8) is 0 Å². The first kappa shape index (κ1) is 20.6. The van der Waals surface area contributed by atoms with Crippen LogP contribution in [0.3, 0.4) is 0 Å². The Bertz CT molecular complexity index is 809. The van der Waals surface area contributed by atoms with Crippen LogP contribution in [0, 0.1) is 0 Å². The molecule has 8 heteroatoms. The molecular formula is C19H22BrN3O4. The molecule has 2 aromatic carbocycles. The highest BCUT2D eigenvalue weighted by Gasteiger charge is 2.20. The number of carbonyl (C=O) groups is 1. The molecule has 27 heavy (non-hydrogen) atoms. The largest absolute Gasteiger partial charge is 0.497 e. The number of esters is 1. The van der Waals surface area contributed by atoms with Crippen LogP contribution in [0.1, 0.15) is 12.5 Å². The Balaban J connectivity index is 2.29. The van der Waals surface area contributed by atoms with Gasteiger partial charge >= 0.3 is 5.97 Å². The number of carbonyl (C=O) groups excluding carboxylic acids is 1. The molecule has 0 aliphatic rings. The van der Waals surface area contributed by atoms with Gasteiger partial charge in [0, 0.05) is 4.47 Å². The predicted octanol–water partition coefficient (Wildman–Crippen LogP) is 2.90. The summed E-state index contributed by atoms with van der Waals surface area (Å²) in [5.41, 5.74) is 6.63. The Labute approximate surface area is 166 Å². The summed E-state index contributed by atoms with van der Waals surface area (Å²) in [6, 6.07) is 14.5. The molecule has 0 spiro atoms. The molecule has 0 heterocycles. The molecule has 2 rings (SSSR count). The standard InChI is InChI=1S/C19H22BrN3O4/c1-3-26-19(24)17(21)18(27-16-6-4-5-14(20)11-16)23(22)12-13-7-9-15(25-2)10-8-13/h4-11H,3,12,21-22H2,1-2H3/b18-17+. The van der Waals surface area contributed by atoms with Crippen LogP contribution < -0.4 is 21.1 Å². The molecule has 0 aliphatic heterocycles. The van der Waals surface area contributed by atoms with E-state index >= 15 is 0 Å². The van der Waals surface area contributed by atoms with E-state index in [1.54, 1.807) is 32.2 Å². The van der Waals surface area contributed by atoms with Crippen LogP contribution in [0.25, 0.3) is 0 Å². The van der Waals surface area contributed by atoms with Crippen molar-refractivity contribution in [2.24, 2.45) is 11.6 Å². The molecule has 2 aromatic rings. The Kier molecular flexibility index (Phi) is 7.51. The van der Waals surface area contributed by atoms with Gasteiger partial charge in [0.1, 0.15) is 11.5 Å². The van der Waals surface area contributed by atoms with Gasteiger partial charge in [0.15, 0.2) is 5.70 Å². The first-order valence-electron chi connectivity index (χ1n) is 8.20. The molecular weight excluding hydrogens is 414 g/mol. The van der Waals surface area contributed by atoms with Gasteiger partial charge < -0.3 is 19.9 Å². The fraction of sp³-hybridized carbons (Fsp3) is 0.211. The number of nitrogens with two attached hydrogens (primary N) is 2. The van der Waals surface area contributed by atoms with Crippen molar-refractivity contribution in [2.45, 2.75) is 13.5 Å². The van der Waals surface area contributed by atoms with Gasteiger partial charge in [-0.1, -0.05) is 34.1 Å². The number of rotatable bonds is 8. The van der Waals surface area contributed by atoms with E-state index in [2.05, 4.69) is 15.9 Å². The quantitative estimate of drug-likeness (QED) is 0.216. The van der Waals surface area contributed by atoms with Crippen molar-refractivity contribution in [3.8, 4) is 11.5 Å². The van der Waals surface area contributed by atoms with Gasteiger partial charge in [0.2, 0.25) is 5.88 Å².